The molecule has 21 heavy (non-hydrogen) atoms. The van der Waals surface area contributed by atoms with Crippen LogP contribution in [0.5, 0.6) is 0 Å². The fraction of sp³-hybridized carbons (Fsp3) is 0.667. The highest BCUT2D eigenvalue weighted by atomic mass is 16.4. The van der Waals surface area contributed by atoms with E-state index in [0.29, 0.717) is 0 Å². The third-order valence-corrected chi connectivity index (χ3v) is 2.33. The van der Waals surface area contributed by atoms with E-state index in [0.717, 1.165) is 0 Å². The number of aliphatic carboxylic acids is 1. The molecule has 0 heterocycles. The van der Waals surface area contributed by atoms with Crippen LogP contribution in [0.2, 0.25) is 0 Å². The Morgan fingerprint density at radius 1 is 1.10 bits per heavy atom. The average molecular weight is 297 g/mol. The molecule has 0 bridgehead atoms. The molecule has 116 valence electrons. The Kier molecular flexibility index (Phi) is 9.51. The minimum absolute atomic E-state index is 0.0550. The number of amides is 1. The van der Waals surface area contributed by atoms with Crippen LogP contribution in [0.15, 0.2) is 5.18 Å². The maximum absolute atomic E-state index is 10.3. The van der Waals surface area contributed by atoms with E-state index in [1.165, 1.54) is 13.8 Å². The molecule has 0 aromatic rings. The van der Waals surface area contributed by atoms with Gasteiger partial charge in [-0.25, -0.2) is 0 Å². The number of nitroso groups, excluding NO2 is 1. The van der Waals surface area contributed by atoms with Crippen molar-refractivity contribution >= 4 is 11.9 Å². The first kappa shape index (κ1) is 20.9. The number of nitrogens with two attached hydrogens (primary N) is 2. The number of hydrogen-bond acceptors (Lipinski definition) is 7. The number of rotatable bonds is 6. The van der Waals surface area contributed by atoms with Crippen molar-refractivity contribution in [2.75, 3.05) is 0 Å². The van der Waals surface area contributed by atoms with E-state index < -0.39 is 23.0 Å². The maximum Gasteiger partial charge on any atom is 0.303 e. The van der Waals surface area contributed by atoms with E-state index in [4.69, 9.17) is 27.1 Å². The predicted octanol–water partition coefficient (Wildman–Crippen LogP) is 0.393. The summed E-state index contributed by atoms with van der Waals surface area (Å²) in [5, 5.41) is 27.1. The molecule has 0 saturated heterocycles. The standard InChI is InChI=1S/C6H9N3O2.C6H10N2O2/c1-6(8,4-7)3-2-5(10)9-11;1-6(8,4-7)3-2-5(9)10/h2-3,8H2,1H3;2-3,8H2,1H3,(H,9,10). The second-order valence-electron chi connectivity index (χ2n) is 4.94. The highest BCUT2D eigenvalue weighted by Crippen LogP contribution is 2.07. The van der Waals surface area contributed by atoms with E-state index in [2.05, 4.69) is 5.18 Å². The van der Waals surface area contributed by atoms with Gasteiger partial charge < -0.3 is 16.6 Å². The van der Waals surface area contributed by atoms with Crippen LogP contribution in [0.4, 0.5) is 0 Å². The Hall–Kier alpha value is -2.36. The van der Waals surface area contributed by atoms with Gasteiger partial charge in [-0.15, -0.1) is 4.91 Å². The van der Waals surface area contributed by atoms with Gasteiger partial charge in [0.25, 0.3) is 5.91 Å². The van der Waals surface area contributed by atoms with Gasteiger partial charge in [-0.3, -0.25) is 9.59 Å². The molecule has 5 N–H and O–H groups in total. The van der Waals surface area contributed by atoms with Crippen LogP contribution < -0.4 is 11.5 Å². The Morgan fingerprint density at radius 2 is 1.48 bits per heavy atom. The number of carbonyl (C=O) groups is 2. The van der Waals surface area contributed by atoms with Gasteiger partial charge in [0.1, 0.15) is 11.1 Å². The second-order valence-corrected chi connectivity index (χ2v) is 4.94. The Labute approximate surface area is 122 Å². The molecule has 2 unspecified atom stereocenters. The van der Waals surface area contributed by atoms with Gasteiger partial charge in [-0.1, -0.05) is 0 Å². The number of nitriles is 2. The number of hydrogen-bond donors (Lipinski definition) is 3. The molecule has 0 aromatic heterocycles. The fourth-order valence-electron chi connectivity index (χ4n) is 0.891. The quantitative estimate of drug-likeness (QED) is 0.587. The normalized spacial score (nSPS) is 15.0. The summed E-state index contributed by atoms with van der Waals surface area (Å²) in [4.78, 5) is 29.9. The molecule has 0 aliphatic carbocycles. The van der Waals surface area contributed by atoms with Crippen LogP contribution in [-0.4, -0.2) is 28.1 Å². The number of carbonyl (C=O) groups excluding carboxylic acids is 1. The first-order valence-electron chi connectivity index (χ1n) is 5.98. The van der Waals surface area contributed by atoms with Crippen LogP contribution in [0.25, 0.3) is 0 Å². The minimum atomic E-state index is -1.04. The zero-order chi connectivity index (χ0) is 17.1. The molecule has 0 aliphatic heterocycles. The summed E-state index contributed by atoms with van der Waals surface area (Å²) in [5.74, 6) is -1.69. The molecular weight excluding hydrogens is 278 g/mol. The van der Waals surface area contributed by atoms with Gasteiger partial charge in [0.2, 0.25) is 0 Å². The lowest BCUT2D eigenvalue weighted by Crippen LogP contribution is -2.34. The zero-order valence-corrected chi connectivity index (χ0v) is 12.0. The number of carboxylic acid groups (broad SMARTS) is 1. The summed E-state index contributed by atoms with van der Waals surface area (Å²) in [6, 6.07) is 3.61. The van der Waals surface area contributed by atoms with Crippen LogP contribution in [0.3, 0.4) is 0 Å². The first-order valence-corrected chi connectivity index (χ1v) is 5.98. The van der Waals surface area contributed by atoms with Gasteiger partial charge in [0.05, 0.1) is 12.1 Å². The topological polar surface area (TPSA) is 183 Å². The van der Waals surface area contributed by atoms with Crippen molar-refractivity contribution in [1.29, 1.82) is 10.5 Å². The van der Waals surface area contributed by atoms with E-state index >= 15 is 0 Å². The lowest BCUT2D eigenvalue weighted by molar-refractivity contribution is -0.137. The van der Waals surface area contributed by atoms with Crippen molar-refractivity contribution in [3.05, 3.63) is 4.91 Å². The van der Waals surface area contributed by atoms with Gasteiger partial charge >= 0.3 is 5.97 Å². The fourth-order valence-corrected chi connectivity index (χ4v) is 0.891. The summed E-state index contributed by atoms with van der Waals surface area (Å²) >= 11 is 0. The molecule has 0 saturated carbocycles. The van der Waals surface area contributed by atoms with Crippen LogP contribution in [-0.2, 0) is 9.59 Å². The Morgan fingerprint density at radius 3 is 1.76 bits per heavy atom. The van der Waals surface area contributed by atoms with E-state index in [9.17, 15) is 14.5 Å². The lowest BCUT2D eigenvalue weighted by Gasteiger charge is -2.12. The SMILES string of the molecule is CC(N)(C#N)CCC(=O)N=O.CC(N)(C#N)CCC(=O)O. The molecule has 1 amide bonds. The first-order chi connectivity index (χ1) is 9.49. The Bertz CT molecular complexity index is 459. The third kappa shape index (κ3) is 13.9. The number of nitrogens with zero attached hydrogens (tertiary/aromatic N) is 3. The largest absolute Gasteiger partial charge is 0.481 e. The van der Waals surface area contributed by atoms with Gasteiger partial charge in [0, 0.05) is 18.0 Å². The highest BCUT2D eigenvalue weighted by Gasteiger charge is 2.19. The summed E-state index contributed by atoms with van der Waals surface area (Å²) < 4.78 is 0. The van der Waals surface area contributed by atoms with Crippen molar-refractivity contribution in [1.82, 2.24) is 0 Å². The number of carboxylic acids is 1. The molecule has 9 heteroatoms. The van der Waals surface area contributed by atoms with E-state index in [1.54, 1.807) is 6.07 Å². The molecule has 0 rings (SSSR count). The highest BCUT2D eigenvalue weighted by molar-refractivity contribution is 5.76. The molecule has 2 atom stereocenters. The van der Waals surface area contributed by atoms with Gasteiger partial charge in [-0.05, 0) is 26.7 Å². The molecule has 0 radical (unpaired) electrons. The minimum Gasteiger partial charge on any atom is -0.481 e. The average Bonchev–Trinajstić information content (AvgIpc) is 2.43. The van der Waals surface area contributed by atoms with Crippen molar-refractivity contribution in [3.63, 3.8) is 0 Å². The van der Waals surface area contributed by atoms with E-state index in [1.807, 2.05) is 6.07 Å². The van der Waals surface area contributed by atoms with Crippen LogP contribution in [0, 0.1) is 27.6 Å². The second kappa shape index (κ2) is 9.53. The smallest absolute Gasteiger partial charge is 0.303 e. The summed E-state index contributed by atoms with van der Waals surface area (Å²) in [6.07, 6.45) is 0.234. The van der Waals surface area contributed by atoms with Gasteiger partial charge in [0.15, 0.2) is 0 Å². The molecular formula is C12H19N5O4. The third-order valence-electron chi connectivity index (χ3n) is 2.33. The molecule has 0 aromatic carbocycles. The summed E-state index contributed by atoms with van der Waals surface area (Å²) in [7, 11) is 0. The zero-order valence-electron chi connectivity index (χ0n) is 12.0. The summed E-state index contributed by atoms with van der Waals surface area (Å²) in [5.41, 5.74) is 8.66. The molecule has 9 nitrogen and oxygen atoms in total. The van der Waals surface area contributed by atoms with Crippen molar-refractivity contribution < 1.29 is 14.7 Å². The van der Waals surface area contributed by atoms with Crippen LogP contribution >= 0.6 is 0 Å². The predicted molar refractivity (Wildman–Crippen MR) is 73.3 cm³/mol. The summed E-state index contributed by atoms with van der Waals surface area (Å²) in [6.45, 7) is 3.00. The Balaban J connectivity index is 0. The van der Waals surface area contributed by atoms with Crippen molar-refractivity contribution in [2.24, 2.45) is 16.6 Å². The molecule has 0 fully saturated rings. The van der Waals surface area contributed by atoms with Gasteiger partial charge in [-0.2, -0.15) is 10.5 Å². The molecule has 0 aliphatic rings. The molecule has 0 spiro atoms. The maximum atomic E-state index is 10.3. The monoisotopic (exact) mass is 297 g/mol. The van der Waals surface area contributed by atoms with Crippen molar-refractivity contribution in [3.8, 4) is 12.1 Å². The van der Waals surface area contributed by atoms with Crippen molar-refractivity contribution in [2.45, 2.75) is 50.6 Å². The lowest BCUT2D eigenvalue weighted by atomic mass is 9.99. The van der Waals surface area contributed by atoms with E-state index in [-0.39, 0.29) is 25.7 Å². The van der Waals surface area contributed by atoms with Crippen LogP contribution in [0.1, 0.15) is 39.5 Å².